The lowest BCUT2D eigenvalue weighted by Gasteiger charge is -2.20. The van der Waals surface area contributed by atoms with Crippen LogP contribution in [0.5, 0.6) is 0 Å². The minimum atomic E-state index is -3.09. The first-order valence-electron chi connectivity index (χ1n) is 4.04. The molecule has 0 aromatic rings. The highest BCUT2D eigenvalue weighted by Crippen LogP contribution is 2.48. The maximum Gasteiger partial charge on any atom is 0.323 e. The molecule has 1 fully saturated rings. The number of hydrogen-bond acceptors (Lipinski definition) is 3. The number of alkyl halides is 2. The molecular weight excluding hydrogens is 198 g/mol. The molecule has 0 aromatic heterocycles. The Morgan fingerprint density at radius 2 is 1.93 bits per heavy atom. The van der Waals surface area contributed by atoms with Gasteiger partial charge < -0.3 is 9.84 Å². The van der Waals surface area contributed by atoms with Crippen molar-refractivity contribution in [3.05, 3.63) is 0 Å². The van der Waals surface area contributed by atoms with Gasteiger partial charge in [-0.15, -0.1) is 0 Å². The zero-order valence-electron chi connectivity index (χ0n) is 7.55. The van der Waals surface area contributed by atoms with Gasteiger partial charge in [0.05, 0.1) is 7.11 Å². The molecule has 1 atom stereocenters. The molecule has 4 nitrogen and oxygen atoms in total. The summed E-state index contributed by atoms with van der Waals surface area (Å²) in [5, 5.41) is 8.76. The van der Waals surface area contributed by atoms with Crippen molar-refractivity contribution in [3.63, 3.8) is 0 Å². The fraction of sp³-hybridized carbons (Fsp3) is 0.750. The Hall–Kier alpha value is -1.20. The monoisotopic (exact) mass is 208 g/mol. The van der Waals surface area contributed by atoms with Gasteiger partial charge in [-0.3, -0.25) is 9.59 Å². The molecule has 14 heavy (non-hydrogen) atoms. The van der Waals surface area contributed by atoms with E-state index in [1.807, 2.05) is 0 Å². The average molecular weight is 208 g/mol. The molecule has 0 bridgehead atoms. The lowest BCUT2D eigenvalue weighted by Crippen LogP contribution is -2.39. The third-order valence-electron chi connectivity index (χ3n) is 2.46. The zero-order chi connectivity index (χ0) is 11.0. The van der Waals surface area contributed by atoms with Crippen LogP contribution in [0.2, 0.25) is 0 Å². The second-order valence-electron chi connectivity index (χ2n) is 3.41. The van der Waals surface area contributed by atoms with Gasteiger partial charge in [0.25, 0.3) is 0 Å². The second-order valence-corrected chi connectivity index (χ2v) is 3.41. The van der Waals surface area contributed by atoms with Crippen LogP contribution in [0.1, 0.15) is 19.3 Å². The van der Waals surface area contributed by atoms with E-state index in [1.54, 1.807) is 0 Å². The summed E-state index contributed by atoms with van der Waals surface area (Å²) in [7, 11) is 0.990. The summed E-state index contributed by atoms with van der Waals surface area (Å²) in [6, 6.07) is 0. The van der Waals surface area contributed by atoms with Crippen LogP contribution in [0.4, 0.5) is 8.78 Å². The molecule has 0 aliphatic heterocycles. The van der Waals surface area contributed by atoms with Crippen molar-refractivity contribution in [1.29, 1.82) is 0 Å². The second kappa shape index (κ2) is 3.18. The van der Waals surface area contributed by atoms with Crippen molar-refractivity contribution in [2.24, 2.45) is 5.41 Å². The molecule has 0 radical (unpaired) electrons. The predicted octanol–water partition coefficient (Wildman–Crippen LogP) is 1.05. The summed E-state index contributed by atoms with van der Waals surface area (Å²) in [6.45, 7) is 0. The summed E-state index contributed by atoms with van der Waals surface area (Å²) >= 11 is 0. The van der Waals surface area contributed by atoms with Crippen molar-refractivity contribution in [1.82, 2.24) is 0 Å². The van der Waals surface area contributed by atoms with Crippen LogP contribution in [-0.2, 0) is 14.3 Å². The minimum Gasteiger partial charge on any atom is -0.480 e. The quantitative estimate of drug-likeness (QED) is 0.544. The number of rotatable bonds is 2. The first-order valence-corrected chi connectivity index (χ1v) is 4.04. The molecule has 1 rings (SSSR count). The molecule has 0 amide bonds. The number of aliphatic carboxylic acids is 1. The van der Waals surface area contributed by atoms with Gasteiger partial charge in [-0.05, 0) is 6.42 Å². The summed E-state index contributed by atoms with van der Waals surface area (Å²) in [5.74, 6) is -5.73. The largest absolute Gasteiger partial charge is 0.480 e. The molecule has 0 saturated heterocycles. The molecule has 1 saturated carbocycles. The fourth-order valence-electron chi connectivity index (χ4n) is 1.65. The Labute approximate surface area is 78.8 Å². The third kappa shape index (κ3) is 1.56. The van der Waals surface area contributed by atoms with Crippen LogP contribution in [0, 0.1) is 5.41 Å². The highest BCUT2D eigenvalue weighted by atomic mass is 19.3. The minimum absolute atomic E-state index is 0.373. The topological polar surface area (TPSA) is 63.6 Å². The smallest absolute Gasteiger partial charge is 0.323 e. The van der Waals surface area contributed by atoms with E-state index in [9.17, 15) is 18.4 Å². The van der Waals surface area contributed by atoms with Crippen LogP contribution in [0.25, 0.3) is 0 Å². The van der Waals surface area contributed by atoms with Gasteiger partial charge in [-0.1, -0.05) is 0 Å². The number of methoxy groups -OCH3 is 1. The number of carbonyl (C=O) groups is 2. The molecule has 1 aliphatic carbocycles. The average Bonchev–Trinajstić information content (AvgIpc) is 2.42. The summed E-state index contributed by atoms with van der Waals surface area (Å²) in [5.41, 5.74) is -2.06. The van der Waals surface area contributed by atoms with E-state index in [2.05, 4.69) is 4.74 Å². The van der Waals surface area contributed by atoms with Gasteiger partial charge in [0.1, 0.15) is 0 Å². The molecule has 1 unspecified atom stereocenters. The first-order chi connectivity index (χ1) is 6.34. The maximum absolute atomic E-state index is 12.8. The normalized spacial score (nSPS) is 29.9. The van der Waals surface area contributed by atoms with Gasteiger partial charge in [0.15, 0.2) is 5.41 Å². The molecule has 0 spiro atoms. The standard InChI is InChI=1S/C8H10F2O4/c1-14-6(13)7(5(11)12)2-3-8(9,10)4-7/h2-4H2,1H3,(H,11,12). The highest BCUT2D eigenvalue weighted by molar-refractivity contribution is 5.99. The van der Waals surface area contributed by atoms with Crippen molar-refractivity contribution >= 4 is 11.9 Å². The predicted molar refractivity (Wildman–Crippen MR) is 40.9 cm³/mol. The molecule has 1 N–H and O–H groups in total. The van der Waals surface area contributed by atoms with Gasteiger partial charge in [0, 0.05) is 12.8 Å². The van der Waals surface area contributed by atoms with E-state index < -0.39 is 36.1 Å². The van der Waals surface area contributed by atoms with E-state index >= 15 is 0 Å². The maximum atomic E-state index is 12.8. The van der Waals surface area contributed by atoms with E-state index in [1.165, 1.54) is 0 Å². The number of esters is 1. The lowest BCUT2D eigenvalue weighted by atomic mass is 9.86. The number of carbonyl (C=O) groups excluding carboxylic acids is 1. The Morgan fingerprint density at radius 1 is 1.36 bits per heavy atom. The van der Waals surface area contributed by atoms with E-state index in [4.69, 9.17) is 5.11 Å². The summed E-state index contributed by atoms with van der Waals surface area (Å²) in [4.78, 5) is 21.9. The molecule has 6 heteroatoms. The Kier molecular flexibility index (Phi) is 2.47. The number of hydrogen-bond donors (Lipinski definition) is 1. The van der Waals surface area contributed by atoms with Crippen LogP contribution in [-0.4, -0.2) is 30.1 Å². The molecule has 0 heterocycles. The number of halogens is 2. The van der Waals surface area contributed by atoms with Gasteiger partial charge in [0.2, 0.25) is 5.92 Å². The lowest BCUT2D eigenvalue weighted by molar-refractivity contribution is -0.168. The van der Waals surface area contributed by atoms with Crippen molar-refractivity contribution in [3.8, 4) is 0 Å². The highest BCUT2D eigenvalue weighted by Gasteiger charge is 2.59. The van der Waals surface area contributed by atoms with Crippen LogP contribution < -0.4 is 0 Å². The van der Waals surface area contributed by atoms with Crippen molar-refractivity contribution in [2.75, 3.05) is 7.11 Å². The van der Waals surface area contributed by atoms with E-state index in [0.717, 1.165) is 7.11 Å². The molecular formula is C8H10F2O4. The fourth-order valence-corrected chi connectivity index (χ4v) is 1.65. The van der Waals surface area contributed by atoms with Crippen LogP contribution in [0.15, 0.2) is 0 Å². The summed E-state index contributed by atoms with van der Waals surface area (Å²) in [6.07, 6.45) is -1.93. The summed E-state index contributed by atoms with van der Waals surface area (Å²) < 4.78 is 29.9. The van der Waals surface area contributed by atoms with Crippen LogP contribution in [0.3, 0.4) is 0 Å². The van der Waals surface area contributed by atoms with Crippen molar-refractivity contribution < 1.29 is 28.2 Å². The van der Waals surface area contributed by atoms with Crippen LogP contribution >= 0.6 is 0 Å². The Morgan fingerprint density at radius 3 is 2.21 bits per heavy atom. The zero-order valence-corrected chi connectivity index (χ0v) is 7.55. The number of carboxylic acid groups (broad SMARTS) is 1. The van der Waals surface area contributed by atoms with Gasteiger partial charge in [-0.25, -0.2) is 8.78 Å². The van der Waals surface area contributed by atoms with Gasteiger partial charge >= 0.3 is 11.9 Å². The number of carboxylic acids is 1. The number of ether oxygens (including phenoxy) is 1. The van der Waals surface area contributed by atoms with E-state index in [-0.39, 0.29) is 6.42 Å². The Balaban J connectivity index is 2.98. The van der Waals surface area contributed by atoms with E-state index in [0.29, 0.717) is 0 Å². The third-order valence-corrected chi connectivity index (χ3v) is 2.46. The SMILES string of the molecule is COC(=O)C1(C(=O)O)CCC(F)(F)C1. The first kappa shape index (κ1) is 10.9. The van der Waals surface area contributed by atoms with Crippen molar-refractivity contribution in [2.45, 2.75) is 25.2 Å². The Bertz CT molecular complexity index is 277. The molecule has 1 aliphatic rings. The molecule has 0 aromatic carbocycles. The van der Waals surface area contributed by atoms with Gasteiger partial charge in [-0.2, -0.15) is 0 Å². The molecule has 80 valence electrons.